The third-order valence-electron chi connectivity index (χ3n) is 2.44. The van der Waals surface area contributed by atoms with Gasteiger partial charge in [0, 0.05) is 12.6 Å². The van der Waals surface area contributed by atoms with E-state index in [-0.39, 0.29) is 11.6 Å². The number of nitrogens with zero attached hydrogens (tertiary/aromatic N) is 2. The quantitative estimate of drug-likeness (QED) is 0.796. The second-order valence-electron chi connectivity index (χ2n) is 3.67. The van der Waals surface area contributed by atoms with Gasteiger partial charge in [0.25, 0.3) is 5.56 Å². The SMILES string of the molecule is CCc1c(N)c(=O)n(C(C)C)n1CC. The van der Waals surface area contributed by atoms with E-state index in [4.69, 9.17) is 5.73 Å². The molecule has 0 aliphatic carbocycles. The lowest BCUT2D eigenvalue weighted by molar-refractivity contribution is 0.401. The van der Waals surface area contributed by atoms with Crippen molar-refractivity contribution in [1.82, 2.24) is 9.36 Å². The summed E-state index contributed by atoms with van der Waals surface area (Å²) in [5.74, 6) is 0. The van der Waals surface area contributed by atoms with Gasteiger partial charge in [0.15, 0.2) is 0 Å². The van der Waals surface area contributed by atoms with Crippen LogP contribution in [0.15, 0.2) is 4.79 Å². The van der Waals surface area contributed by atoms with Crippen molar-refractivity contribution in [2.45, 2.75) is 46.7 Å². The van der Waals surface area contributed by atoms with E-state index in [1.165, 1.54) is 0 Å². The van der Waals surface area contributed by atoms with Crippen LogP contribution in [0, 0.1) is 0 Å². The Labute approximate surface area is 84.3 Å². The maximum atomic E-state index is 11.8. The summed E-state index contributed by atoms with van der Waals surface area (Å²) in [6, 6.07) is 0.157. The van der Waals surface area contributed by atoms with Gasteiger partial charge < -0.3 is 5.73 Å². The van der Waals surface area contributed by atoms with Gasteiger partial charge in [-0.15, -0.1) is 0 Å². The molecule has 0 radical (unpaired) electrons. The average molecular weight is 197 g/mol. The summed E-state index contributed by atoms with van der Waals surface area (Å²) in [5.41, 5.74) is 7.07. The summed E-state index contributed by atoms with van der Waals surface area (Å²) in [6.45, 7) is 8.81. The Morgan fingerprint density at radius 2 is 1.93 bits per heavy atom. The van der Waals surface area contributed by atoms with Crippen LogP contribution in [-0.4, -0.2) is 9.36 Å². The van der Waals surface area contributed by atoms with Crippen molar-refractivity contribution >= 4 is 5.69 Å². The van der Waals surface area contributed by atoms with Gasteiger partial charge in [0.1, 0.15) is 5.69 Å². The van der Waals surface area contributed by atoms with Crippen molar-refractivity contribution in [3.63, 3.8) is 0 Å². The average Bonchev–Trinajstić information content (AvgIpc) is 2.39. The molecule has 1 heterocycles. The minimum absolute atomic E-state index is 0.0568. The van der Waals surface area contributed by atoms with Crippen molar-refractivity contribution in [2.75, 3.05) is 5.73 Å². The van der Waals surface area contributed by atoms with Crippen LogP contribution in [0.3, 0.4) is 0 Å². The van der Waals surface area contributed by atoms with Gasteiger partial charge in [-0.25, -0.2) is 4.68 Å². The molecule has 2 N–H and O–H groups in total. The van der Waals surface area contributed by atoms with Gasteiger partial charge in [0.05, 0.1) is 5.69 Å². The van der Waals surface area contributed by atoms with E-state index < -0.39 is 0 Å². The van der Waals surface area contributed by atoms with Crippen molar-refractivity contribution in [2.24, 2.45) is 0 Å². The number of nitrogens with two attached hydrogens (primary N) is 1. The Morgan fingerprint density at radius 1 is 1.36 bits per heavy atom. The number of rotatable bonds is 3. The van der Waals surface area contributed by atoms with Crippen LogP contribution in [-0.2, 0) is 13.0 Å². The summed E-state index contributed by atoms with van der Waals surface area (Å²) in [4.78, 5) is 11.8. The number of hydrogen-bond acceptors (Lipinski definition) is 2. The highest BCUT2D eigenvalue weighted by molar-refractivity contribution is 5.41. The van der Waals surface area contributed by atoms with E-state index in [0.717, 1.165) is 18.7 Å². The molecular weight excluding hydrogens is 178 g/mol. The minimum Gasteiger partial charge on any atom is -0.393 e. The van der Waals surface area contributed by atoms with Gasteiger partial charge in [0.2, 0.25) is 0 Å². The Morgan fingerprint density at radius 3 is 2.29 bits per heavy atom. The summed E-state index contributed by atoms with van der Waals surface area (Å²) in [5, 5.41) is 0. The fourth-order valence-electron chi connectivity index (χ4n) is 1.86. The first kappa shape index (κ1) is 10.9. The van der Waals surface area contributed by atoms with E-state index in [0.29, 0.717) is 5.69 Å². The Kier molecular flexibility index (Phi) is 3.03. The molecule has 0 amide bonds. The van der Waals surface area contributed by atoms with Crippen molar-refractivity contribution in [1.29, 1.82) is 0 Å². The Bertz CT molecular complexity index is 373. The second kappa shape index (κ2) is 3.90. The monoisotopic (exact) mass is 197 g/mol. The molecule has 0 bridgehead atoms. The van der Waals surface area contributed by atoms with Crippen LogP contribution in [0.25, 0.3) is 0 Å². The maximum absolute atomic E-state index is 11.8. The number of hydrogen-bond donors (Lipinski definition) is 1. The lowest BCUT2D eigenvalue weighted by Crippen LogP contribution is -2.25. The first-order valence-electron chi connectivity index (χ1n) is 5.14. The summed E-state index contributed by atoms with van der Waals surface area (Å²) < 4.78 is 3.70. The van der Waals surface area contributed by atoms with Gasteiger partial charge in [-0.2, -0.15) is 0 Å². The summed E-state index contributed by atoms with van der Waals surface area (Å²) >= 11 is 0. The molecule has 0 saturated heterocycles. The number of nitrogen functional groups attached to an aromatic ring is 1. The molecule has 14 heavy (non-hydrogen) atoms. The lowest BCUT2D eigenvalue weighted by atomic mass is 10.3. The molecule has 0 unspecified atom stereocenters. The van der Waals surface area contributed by atoms with Gasteiger partial charge in [-0.3, -0.25) is 9.48 Å². The predicted octanol–water partition coefficient (Wildman–Crippen LogP) is 1.40. The second-order valence-corrected chi connectivity index (χ2v) is 3.67. The summed E-state index contributed by atoms with van der Waals surface area (Å²) in [7, 11) is 0. The molecule has 0 aliphatic heterocycles. The largest absolute Gasteiger partial charge is 0.393 e. The van der Waals surface area contributed by atoms with E-state index in [9.17, 15) is 4.79 Å². The third-order valence-corrected chi connectivity index (χ3v) is 2.44. The topological polar surface area (TPSA) is 53.0 Å². The molecule has 0 spiro atoms. The Hall–Kier alpha value is -1.19. The smallest absolute Gasteiger partial charge is 0.290 e. The first-order valence-corrected chi connectivity index (χ1v) is 5.14. The predicted molar refractivity (Wildman–Crippen MR) is 58.5 cm³/mol. The van der Waals surface area contributed by atoms with Crippen molar-refractivity contribution in [3.05, 3.63) is 16.0 Å². The van der Waals surface area contributed by atoms with Crippen molar-refractivity contribution < 1.29 is 0 Å². The zero-order chi connectivity index (χ0) is 10.9. The van der Waals surface area contributed by atoms with Crippen LogP contribution in [0.4, 0.5) is 5.69 Å². The lowest BCUT2D eigenvalue weighted by Gasteiger charge is -2.14. The highest BCUT2D eigenvalue weighted by Gasteiger charge is 2.16. The number of anilines is 1. The molecular formula is C10H19N3O. The maximum Gasteiger partial charge on any atom is 0.290 e. The van der Waals surface area contributed by atoms with E-state index in [2.05, 4.69) is 0 Å². The normalized spacial score (nSPS) is 11.2. The molecule has 0 fully saturated rings. The molecule has 4 nitrogen and oxygen atoms in total. The zero-order valence-electron chi connectivity index (χ0n) is 9.37. The van der Waals surface area contributed by atoms with Crippen LogP contribution in [0.1, 0.15) is 39.4 Å². The summed E-state index contributed by atoms with van der Waals surface area (Å²) in [6.07, 6.45) is 0.800. The number of aromatic nitrogens is 2. The first-order chi connectivity index (χ1) is 6.54. The third kappa shape index (κ3) is 1.45. The Balaban J connectivity index is 3.49. The minimum atomic E-state index is -0.0568. The van der Waals surface area contributed by atoms with Crippen LogP contribution in [0.2, 0.25) is 0 Å². The van der Waals surface area contributed by atoms with Gasteiger partial charge in [-0.05, 0) is 27.2 Å². The van der Waals surface area contributed by atoms with Crippen LogP contribution < -0.4 is 11.3 Å². The van der Waals surface area contributed by atoms with E-state index in [1.54, 1.807) is 4.68 Å². The fourth-order valence-corrected chi connectivity index (χ4v) is 1.86. The molecule has 0 saturated carbocycles. The van der Waals surface area contributed by atoms with E-state index >= 15 is 0 Å². The molecule has 0 atom stereocenters. The highest BCUT2D eigenvalue weighted by atomic mass is 16.1. The molecule has 1 aromatic heterocycles. The molecule has 1 rings (SSSR count). The highest BCUT2D eigenvalue weighted by Crippen LogP contribution is 2.12. The molecule has 1 aromatic rings. The van der Waals surface area contributed by atoms with Crippen LogP contribution >= 0.6 is 0 Å². The van der Waals surface area contributed by atoms with Crippen molar-refractivity contribution in [3.8, 4) is 0 Å². The van der Waals surface area contributed by atoms with E-state index in [1.807, 2.05) is 32.4 Å². The molecule has 0 aliphatic rings. The van der Waals surface area contributed by atoms with Gasteiger partial charge >= 0.3 is 0 Å². The van der Waals surface area contributed by atoms with Crippen LogP contribution in [0.5, 0.6) is 0 Å². The molecule has 0 aromatic carbocycles. The fraction of sp³-hybridized carbons (Fsp3) is 0.700. The zero-order valence-corrected chi connectivity index (χ0v) is 9.37. The molecule has 80 valence electrons. The standard InChI is InChI=1S/C10H19N3O/c1-5-8-9(11)10(14)13(7(3)4)12(8)6-2/h7H,5-6,11H2,1-4H3. The molecule has 4 heteroatoms. The van der Waals surface area contributed by atoms with Gasteiger partial charge in [-0.1, -0.05) is 6.92 Å².